The molecule has 9 nitrogen and oxygen atoms in total. The maximum atomic E-state index is 13.2. The standard InChI is InChI=1S/C22H38N4O5/c1-22(14-23,15-24-31)26(21(30)17-10-6-3-7-11-17)19(28)13-12-18(27)25-20(29)16-8-4-2-5-9-16/h16-17,24,31H,2-15,23H2,1H3,(H,25,27,29)/t22-/m1/s1. The third-order valence-electron chi connectivity index (χ3n) is 6.67. The summed E-state index contributed by atoms with van der Waals surface area (Å²) in [5.41, 5.74) is 6.80. The smallest absolute Gasteiger partial charge is 0.232 e. The molecule has 9 heteroatoms. The van der Waals surface area contributed by atoms with E-state index in [1.807, 2.05) is 5.48 Å². The fourth-order valence-electron chi connectivity index (χ4n) is 4.63. The van der Waals surface area contributed by atoms with E-state index in [1.165, 1.54) is 0 Å². The minimum atomic E-state index is -1.12. The zero-order valence-corrected chi connectivity index (χ0v) is 18.7. The van der Waals surface area contributed by atoms with Gasteiger partial charge in [-0.15, -0.1) is 0 Å². The van der Waals surface area contributed by atoms with Gasteiger partial charge >= 0.3 is 0 Å². The Morgan fingerprint density at radius 3 is 2.00 bits per heavy atom. The first kappa shape index (κ1) is 25.4. The fourth-order valence-corrected chi connectivity index (χ4v) is 4.63. The van der Waals surface area contributed by atoms with Crippen molar-refractivity contribution < 1.29 is 24.4 Å². The van der Waals surface area contributed by atoms with Crippen molar-refractivity contribution in [3.8, 4) is 0 Å². The van der Waals surface area contributed by atoms with Gasteiger partial charge in [0.25, 0.3) is 0 Å². The normalized spacial score (nSPS) is 20.0. The van der Waals surface area contributed by atoms with Crippen LogP contribution in [0.4, 0.5) is 0 Å². The Balaban J connectivity index is 2.01. The zero-order chi connectivity index (χ0) is 22.9. The van der Waals surface area contributed by atoms with Crippen molar-refractivity contribution >= 4 is 23.6 Å². The van der Waals surface area contributed by atoms with Crippen molar-refractivity contribution in [2.24, 2.45) is 17.6 Å². The van der Waals surface area contributed by atoms with Crippen molar-refractivity contribution in [3.63, 3.8) is 0 Å². The lowest BCUT2D eigenvalue weighted by atomic mass is 9.86. The number of nitrogens with one attached hydrogen (secondary N) is 2. The predicted molar refractivity (Wildman–Crippen MR) is 115 cm³/mol. The topological polar surface area (TPSA) is 142 Å². The van der Waals surface area contributed by atoms with Crippen LogP contribution in [-0.2, 0) is 19.2 Å². The lowest BCUT2D eigenvalue weighted by Crippen LogP contribution is -2.62. The number of hydroxylamine groups is 1. The van der Waals surface area contributed by atoms with Crippen molar-refractivity contribution in [1.82, 2.24) is 15.7 Å². The summed E-state index contributed by atoms with van der Waals surface area (Å²) >= 11 is 0. The Hall–Kier alpha value is -1.84. The molecule has 176 valence electrons. The summed E-state index contributed by atoms with van der Waals surface area (Å²) in [4.78, 5) is 52.0. The number of nitrogens with two attached hydrogens (primary N) is 1. The molecule has 31 heavy (non-hydrogen) atoms. The Kier molecular flexibility index (Phi) is 10.1. The number of carbonyl (C=O) groups excluding carboxylic acids is 4. The fraction of sp³-hybridized carbons (Fsp3) is 0.818. The number of hydrogen-bond donors (Lipinski definition) is 4. The van der Waals surface area contributed by atoms with Gasteiger partial charge in [-0.3, -0.25) is 29.4 Å². The Labute approximate surface area is 184 Å². The monoisotopic (exact) mass is 438 g/mol. The second-order valence-corrected chi connectivity index (χ2v) is 9.19. The van der Waals surface area contributed by atoms with Crippen LogP contribution in [-0.4, -0.2) is 52.4 Å². The van der Waals surface area contributed by atoms with Crippen molar-refractivity contribution in [1.29, 1.82) is 0 Å². The lowest BCUT2D eigenvalue weighted by molar-refractivity contribution is -0.156. The predicted octanol–water partition coefficient (Wildman–Crippen LogP) is 1.62. The van der Waals surface area contributed by atoms with Gasteiger partial charge in [0.2, 0.25) is 23.6 Å². The van der Waals surface area contributed by atoms with E-state index >= 15 is 0 Å². The highest BCUT2D eigenvalue weighted by molar-refractivity contribution is 6.00. The van der Waals surface area contributed by atoms with Gasteiger partial charge in [0.15, 0.2) is 0 Å². The second kappa shape index (κ2) is 12.3. The van der Waals surface area contributed by atoms with Crippen LogP contribution in [0, 0.1) is 11.8 Å². The average molecular weight is 439 g/mol. The summed E-state index contributed by atoms with van der Waals surface area (Å²) in [6.07, 6.45) is 8.62. The van der Waals surface area contributed by atoms with E-state index in [-0.39, 0.29) is 49.6 Å². The molecule has 0 bridgehead atoms. The molecular weight excluding hydrogens is 400 g/mol. The number of amides is 4. The number of carbonyl (C=O) groups is 4. The maximum absolute atomic E-state index is 13.2. The highest BCUT2D eigenvalue weighted by atomic mass is 16.5. The summed E-state index contributed by atoms with van der Waals surface area (Å²) in [7, 11) is 0. The third-order valence-corrected chi connectivity index (χ3v) is 6.67. The van der Waals surface area contributed by atoms with Gasteiger partial charge in [-0.2, -0.15) is 0 Å². The van der Waals surface area contributed by atoms with Crippen LogP contribution >= 0.6 is 0 Å². The number of hydrogen-bond acceptors (Lipinski definition) is 7. The van der Waals surface area contributed by atoms with Crippen molar-refractivity contribution in [2.45, 2.75) is 89.5 Å². The summed E-state index contributed by atoms with van der Waals surface area (Å²) in [5, 5.41) is 11.6. The Morgan fingerprint density at radius 1 is 0.935 bits per heavy atom. The van der Waals surface area contributed by atoms with E-state index in [0.717, 1.165) is 56.3 Å². The molecule has 0 heterocycles. The first-order valence-corrected chi connectivity index (χ1v) is 11.6. The summed E-state index contributed by atoms with van der Waals surface area (Å²) < 4.78 is 0. The van der Waals surface area contributed by atoms with Crippen LogP contribution in [0.5, 0.6) is 0 Å². The van der Waals surface area contributed by atoms with E-state index in [1.54, 1.807) is 6.92 Å². The van der Waals surface area contributed by atoms with Crippen LogP contribution in [0.25, 0.3) is 0 Å². The van der Waals surface area contributed by atoms with Crippen LogP contribution in [0.2, 0.25) is 0 Å². The molecule has 0 saturated heterocycles. The SMILES string of the molecule is C[C@@](CN)(CNO)N(C(=O)CCC(=O)NC(=O)C1CCCCC1)C(=O)C1CCCCC1. The molecule has 1 atom stereocenters. The van der Waals surface area contributed by atoms with Crippen LogP contribution in [0.3, 0.4) is 0 Å². The Bertz CT molecular complexity index is 644. The van der Waals surface area contributed by atoms with E-state index in [2.05, 4.69) is 5.32 Å². The van der Waals surface area contributed by atoms with Gasteiger partial charge in [0.05, 0.1) is 5.54 Å². The highest BCUT2D eigenvalue weighted by Gasteiger charge is 2.41. The highest BCUT2D eigenvalue weighted by Crippen LogP contribution is 2.29. The van der Waals surface area contributed by atoms with Gasteiger partial charge in [-0.1, -0.05) is 38.5 Å². The first-order valence-electron chi connectivity index (χ1n) is 11.6. The number of nitrogens with zero attached hydrogens (tertiary/aromatic N) is 1. The van der Waals surface area contributed by atoms with Gasteiger partial charge < -0.3 is 10.9 Å². The van der Waals surface area contributed by atoms with Crippen LogP contribution in [0.1, 0.15) is 84.0 Å². The maximum Gasteiger partial charge on any atom is 0.232 e. The molecule has 2 saturated carbocycles. The summed E-state index contributed by atoms with van der Waals surface area (Å²) in [6.45, 7) is 1.54. The molecule has 4 amide bonds. The molecule has 0 unspecified atom stereocenters. The molecule has 2 aliphatic rings. The molecule has 5 N–H and O–H groups in total. The molecule has 0 aromatic carbocycles. The lowest BCUT2D eigenvalue weighted by Gasteiger charge is -2.41. The molecule has 2 rings (SSSR count). The minimum Gasteiger partial charge on any atom is -0.328 e. The van der Waals surface area contributed by atoms with Crippen LogP contribution < -0.4 is 16.5 Å². The summed E-state index contributed by atoms with van der Waals surface area (Å²) in [6, 6.07) is 0. The first-order chi connectivity index (χ1) is 14.8. The molecule has 0 spiro atoms. The van der Waals surface area contributed by atoms with E-state index < -0.39 is 17.4 Å². The largest absolute Gasteiger partial charge is 0.328 e. The van der Waals surface area contributed by atoms with Gasteiger partial charge in [-0.25, -0.2) is 5.48 Å². The second-order valence-electron chi connectivity index (χ2n) is 9.19. The molecular formula is C22H38N4O5. The van der Waals surface area contributed by atoms with Crippen LogP contribution in [0.15, 0.2) is 0 Å². The number of imide groups is 2. The molecule has 2 aliphatic carbocycles. The molecule has 0 aliphatic heterocycles. The van der Waals surface area contributed by atoms with E-state index in [0.29, 0.717) is 12.8 Å². The Morgan fingerprint density at radius 2 is 1.48 bits per heavy atom. The van der Waals surface area contributed by atoms with E-state index in [9.17, 15) is 24.4 Å². The van der Waals surface area contributed by atoms with Gasteiger partial charge in [0, 0.05) is 37.8 Å². The third kappa shape index (κ3) is 7.08. The molecule has 2 fully saturated rings. The van der Waals surface area contributed by atoms with Crippen molar-refractivity contribution in [3.05, 3.63) is 0 Å². The van der Waals surface area contributed by atoms with Gasteiger partial charge in [0.1, 0.15) is 0 Å². The van der Waals surface area contributed by atoms with E-state index in [4.69, 9.17) is 5.73 Å². The molecule has 0 radical (unpaired) electrons. The quantitative estimate of drug-likeness (QED) is 0.401. The minimum absolute atomic E-state index is 0.0306. The summed E-state index contributed by atoms with van der Waals surface area (Å²) in [5.74, 6) is -2.00. The molecule has 0 aromatic heterocycles. The number of rotatable bonds is 9. The van der Waals surface area contributed by atoms with Gasteiger partial charge in [-0.05, 0) is 32.6 Å². The zero-order valence-electron chi connectivity index (χ0n) is 18.7. The van der Waals surface area contributed by atoms with Crippen molar-refractivity contribution in [2.75, 3.05) is 13.1 Å². The average Bonchev–Trinajstić information content (AvgIpc) is 2.79. The molecule has 0 aromatic rings.